The van der Waals surface area contributed by atoms with Crippen LogP contribution in [0.3, 0.4) is 0 Å². The normalized spacial score (nSPS) is 28.6. The molecule has 7 rings (SSSR count). The highest BCUT2D eigenvalue weighted by Gasteiger charge is 2.59. The van der Waals surface area contributed by atoms with Crippen molar-refractivity contribution in [1.82, 2.24) is 9.29 Å². The van der Waals surface area contributed by atoms with E-state index in [1.54, 1.807) is 42.2 Å². The van der Waals surface area contributed by atoms with Gasteiger partial charge in [-0.05, 0) is 53.4 Å². The molecule has 1 fully saturated rings. The molecule has 5 aliphatic rings. The number of Topliss-reactive ketones (excluding diaryl/α,β-unsaturated/α-hetero) is 2. The molecule has 1 aromatic heterocycles. The Morgan fingerprint density at radius 2 is 2.00 bits per heavy atom. The number of hydrogen-bond acceptors (Lipinski definition) is 7. The van der Waals surface area contributed by atoms with Crippen LogP contribution in [-0.2, 0) is 21.2 Å². The number of ketones is 2. The van der Waals surface area contributed by atoms with E-state index in [0.717, 1.165) is 27.1 Å². The number of nitrogens with one attached hydrogen (secondary N) is 1. The molecular weight excluding hydrogens is 550 g/mol. The predicted molar refractivity (Wildman–Crippen MR) is 137 cm³/mol. The Hall–Kier alpha value is -2.43. The SMILES string of the molecule is Cc1ccc(S(=O)(=O)n2cc3c4c2C(=O)C2=C(C4=NCC3)[C@]34C=C(Br)C(=O)C[C@H]3S[C@@H](C4)N2)cc1. The summed E-state index contributed by atoms with van der Waals surface area (Å²) in [7, 11) is -3.98. The van der Waals surface area contributed by atoms with Gasteiger partial charge >= 0.3 is 0 Å². The van der Waals surface area contributed by atoms with Gasteiger partial charge in [0.1, 0.15) is 5.69 Å². The number of aryl methyl sites for hydroxylation is 1. The quantitative estimate of drug-likeness (QED) is 0.594. The number of hydrogen-bond donors (Lipinski definition) is 1. The molecule has 1 saturated heterocycles. The lowest BCUT2D eigenvalue weighted by Crippen LogP contribution is -2.48. The van der Waals surface area contributed by atoms with Crippen LogP contribution in [-0.4, -0.2) is 46.8 Å². The Morgan fingerprint density at radius 3 is 2.77 bits per heavy atom. The van der Waals surface area contributed by atoms with Gasteiger partial charge in [0, 0.05) is 41.0 Å². The maximum absolute atomic E-state index is 14.1. The molecule has 0 radical (unpaired) electrons. The zero-order chi connectivity index (χ0) is 24.3. The number of fused-ring (bicyclic) bond motifs is 2. The highest BCUT2D eigenvalue weighted by atomic mass is 79.9. The van der Waals surface area contributed by atoms with Gasteiger partial charge < -0.3 is 5.32 Å². The number of carbonyl (C=O) groups excluding carboxylic acids is 2. The van der Waals surface area contributed by atoms with Crippen LogP contribution in [0, 0.1) is 12.3 Å². The van der Waals surface area contributed by atoms with Crippen molar-refractivity contribution in [2.24, 2.45) is 10.4 Å². The molecule has 1 N–H and O–H groups in total. The van der Waals surface area contributed by atoms with Gasteiger partial charge in [0.25, 0.3) is 10.0 Å². The van der Waals surface area contributed by atoms with Gasteiger partial charge in [0.15, 0.2) is 5.78 Å². The number of benzene rings is 1. The van der Waals surface area contributed by atoms with Crippen molar-refractivity contribution in [3.8, 4) is 0 Å². The molecule has 2 aliphatic carbocycles. The summed E-state index contributed by atoms with van der Waals surface area (Å²) in [5, 5.41) is 3.36. The maximum Gasteiger partial charge on any atom is 0.268 e. The molecule has 7 nitrogen and oxygen atoms in total. The lowest BCUT2D eigenvalue weighted by atomic mass is 9.64. The largest absolute Gasteiger partial charge is 0.370 e. The van der Waals surface area contributed by atoms with Gasteiger partial charge in [-0.3, -0.25) is 14.6 Å². The van der Waals surface area contributed by atoms with Gasteiger partial charge in [-0.25, -0.2) is 12.4 Å². The van der Waals surface area contributed by atoms with Crippen molar-refractivity contribution in [2.75, 3.05) is 6.54 Å². The molecule has 178 valence electrons. The van der Waals surface area contributed by atoms with Crippen molar-refractivity contribution >= 4 is 55.0 Å². The van der Waals surface area contributed by atoms with Crippen molar-refractivity contribution < 1.29 is 18.0 Å². The van der Waals surface area contributed by atoms with Gasteiger partial charge in [-0.15, -0.1) is 11.8 Å². The topological polar surface area (TPSA) is 97.6 Å². The van der Waals surface area contributed by atoms with E-state index in [4.69, 9.17) is 4.99 Å². The smallest absolute Gasteiger partial charge is 0.268 e. The molecule has 3 atom stereocenters. The Labute approximate surface area is 214 Å². The second-order valence-corrected chi connectivity index (χ2v) is 13.8. The van der Waals surface area contributed by atoms with Crippen molar-refractivity contribution in [3.05, 3.63) is 74.7 Å². The summed E-state index contributed by atoms with van der Waals surface area (Å²) in [5.41, 5.74) is 3.98. The number of rotatable bonds is 2. The Balaban J connectivity index is 1.47. The minimum atomic E-state index is -3.98. The van der Waals surface area contributed by atoms with Crippen LogP contribution >= 0.6 is 27.7 Å². The van der Waals surface area contributed by atoms with Gasteiger partial charge in [0.05, 0.1) is 26.2 Å². The lowest BCUT2D eigenvalue weighted by molar-refractivity contribution is -0.115. The van der Waals surface area contributed by atoms with E-state index in [0.29, 0.717) is 40.8 Å². The third-order valence-electron chi connectivity index (χ3n) is 7.66. The summed E-state index contributed by atoms with van der Waals surface area (Å²) >= 11 is 5.14. The Kier molecular flexibility index (Phi) is 4.41. The van der Waals surface area contributed by atoms with E-state index >= 15 is 0 Å². The van der Waals surface area contributed by atoms with E-state index in [1.165, 1.54) is 0 Å². The first kappa shape index (κ1) is 21.8. The van der Waals surface area contributed by atoms with Crippen molar-refractivity contribution in [1.29, 1.82) is 0 Å². The van der Waals surface area contributed by atoms with Crippen LogP contribution in [0.25, 0.3) is 0 Å². The third kappa shape index (κ3) is 2.78. The highest BCUT2D eigenvalue weighted by Crippen LogP contribution is 2.61. The summed E-state index contributed by atoms with van der Waals surface area (Å²) in [6.07, 6.45) is 5.28. The Morgan fingerprint density at radius 1 is 1.23 bits per heavy atom. The van der Waals surface area contributed by atoms with Crippen LogP contribution < -0.4 is 5.32 Å². The number of aromatic nitrogens is 1. The predicted octanol–water partition coefficient (Wildman–Crippen LogP) is 3.50. The van der Waals surface area contributed by atoms with E-state index in [-0.39, 0.29) is 32.8 Å². The number of halogens is 1. The fourth-order valence-electron chi connectivity index (χ4n) is 6.07. The average Bonchev–Trinajstić information content (AvgIpc) is 3.35. The summed E-state index contributed by atoms with van der Waals surface area (Å²) in [4.78, 5) is 31.6. The number of aliphatic imine (C=N–C) groups is 1. The average molecular weight is 570 g/mol. The molecule has 3 aliphatic heterocycles. The number of nitrogens with zero attached hydrogens (tertiary/aromatic N) is 2. The van der Waals surface area contributed by atoms with Crippen LogP contribution in [0.15, 0.2) is 62.2 Å². The zero-order valence-electron chi connectivity index (χ0n) is 18.7. The molecule has 4 heterocycles. The van der Waals surface area contributed by atoms with Crippen LogP contribution in [0.5, 0.6) is 0 Å². The lowest BCUT2D eigenvalue weighted by Gasteiger charge is -2.42. The summed E-state index contributed by atoms with van der Waals surface area (Å²) < 4.78 is 29.1. The molecule has 1 aromatic carbocycles. The first-order valence-electron chi connectivity index (χ1n) is 11.5. The van der Waals surface area contributed by atoms with E-state index < -0.39 is 15.4 Å². The number of allylic oxidation sites excluding steroid dienone is 4. The maximum atomic E-state index is 14.1. The molecular formula is C25H20BrN3O4S2. The van der Waals surface area contributed by atoms with Gasteiger partial charge in [-0.2, -0.15) is 0 Å². The second kappa shape index (κ2) is 7.08. The summed E-state index contributed by atoms with van der Waals surface area (Å²) in [5.74, 6) is -0.267. The van der Waals surface area contributed by atoms with E-state index in [1.807, 2.05) is 13.0 Å². The highest BCUT2D eigenvalue weighted by molar-refractivity contribution is 9.12. The molecule has 2 bridgehead atoms. The fraction of sp³-hybridized carbons (Fsp3) is 0.320. The molecule has 1 spiro atoms. The van der Waals surface area contributed by atoms with Crippen LogP contribution in [0.4, 0.5) is 0 Å². The number of carbonyl (C=O) groups is 2. The first-order chi connectivity index (χ1) is 16.7. The summed E-state index contributed by atoms with van der Waals surface area (Å²) in [6, 6.07) is 6.65. The standard InChI is InChI=1S/C25H20BrN3O4S2/c1-12-2-4-14(5-3-12)35(32,33)29-11-13-6-7-27-21-19(13)23(29)24(31)22-20(21)25-9-15(26)16(30)8-17(25)34-18(10-25)28-22/h2-5,9,11,17-18,28H,6-8,10H2,1H3/t17-,18+,25+/m1/s1. The third-order valence-corrected chi connectivity index (χ3v) is 11.5. The molecule has 0 unspecified atom stereocenters. The number of thioether (sulfide) groups is 1. The van der Waals surface area contributed by atoms with E-state index in [2.05, 4.69) is 21.2 Å². The zero-order valence-corrected chi connectivity index (χ0v) is 21.9. The molecule has 35 heavy (non-hydrogen) atoms. The fourth-order valence-corrected chi connectivity index (χ4v) is 9.75. The molecule has 2 aromatic rings. The minimum Gasteiger partial charge on any atom is -0.370 e. The molecule has 10 heteroatoms. The summed E-state index contributed by atoms with van der Waals surface area (Å²) in [6.45, 7) is 2.41. The van der Waals surface area contributed by atoms with E-state index in [9.17, 15) is 18.0 Å². The van der Waals surface area contributed by atoms with Crippen molar-refractivity contribution in [3.63, 3.8) is 0 Å². The Bertz CT molecular complexity index is 1580. The minimum absolute atomic E-state index is 0.00195. The van der Waals surface area contributed by atoms with Gasteiger partial charge in [0.2, 0.25) is 5.78 Å². The molecule has 0 amide bonds. The van der Waals surface area contributed by atoms with Crippen LogP contribution in [0.1, 0.15) is 40.0 Å². The molecule has 0 saturated carbocycles. The monoisotopic (exact) mass is 569 g/mol. The first-order valence-corrected chi connectivity index (χ1v) is 14.6. The van der Waals surface area contributed by atoms with Gasteiger partial charge in [-0.1, -0.05) is 23.8 Å². The van der Waals surface area contributed by atoms with Crippen LogP contribution in [0.2, 0.25) is 0 Å². The second-order valence-electron chi connectivity index (χ2n) is 9.67. The van der Waals surface area contributed by atoms with Crippen molar-refractivity contribution in [2.45, 2.75) is 41.7 Å².